The first-order valence-corrected chi connectivity index (χ1v) is 9.60. The van der Waals surface area contributed by atoms with Crippen molar-refractivity contribution in [2.75, 3.05) is 17.3 Å². The number of aryl methyl sites for hydroxylation is 1. The lowest BCUT2D eigenvalue weighted by Crippen LogP contribution is -2.21. The molecule has 2 aromatic carbocycles. The van der Waals surface area contributed by atoms with Gasteiger partial charge in [-0.1, -0.05) is 42.5 Å². The summed E-state index contributed by atoms with van der Waals surface area (Å²) in [5.74, 6) is 1.56. The highest BCUT2D eigenvalue weighted by molar-refractivity contribution is 6.04. The molecule has 0 unspecified atom stereocenters. The Hall–Kier alpha value is -3.41. The number of carbonyl (C=O) groups excluding carboxylic acids is 1. The van der Waals surface area contributed by atoms with Crippen molar-refractivity contribution in [3.8, 4) is 5.75 Å². The highest BCUT2D eigenvalue weighted by Gasteiger charge is 2.15. The number of benzene rings is 2. The van der Waals surface area contributed by atoms with Crippen molar-refractivity contribution in [2.45, 2.75) is 33.4 Å². The highest BCUT2D eigenvalue weighted by Crippen LogP contribution is 2.25. The predicted octanol–water partition coefficient (Wildman–Crippen LogP) is 4.46. The van der Waals surface area contributed by atoms with Gasteiger partial charge in [0.1, 0.15) is 23.1 Å². The molecule has 1 N–H and O–H groups in total. The van der Waals surface area contributed by atoms with Crippen LogP contribution in [0.15, 0.2) is 60.7 Å². The van der Waals surface area contributed by atoms with Crippen LogP contribution in [-0.2, 0) is 6.54 Å². The van der Waals surface area contributed by atoms with E-state index >= 15 is 0 Å². The van der Waals surface area contributed by atoms with Crippen LogP contribution in [0.4, 0.5) is 11.5 Å². The molecule has 0 aliphatic heterocycles. The van der Waals surface area contributed by atoms with Gasteiger partial charge < -0.3 is 15.0 Å². The molecule has 3 rings (SSSR count). The largest absolute Gasteiger partial charge is 0.489 e. The van der Waals surface area contributed by atoms with Gasteiger partial charge in [-0.25, -0.2) is 9.97 Å². The second-order valence-electron chi connectivity index (χ2n) is 7.12. The lowest BCUT2D eigenvalue weighted by Gasteiger charge is -2.19. The van der Waals surface area contributed by atoms with Crippen LogP contribution in [0.25, 0.3) is 0 Å². The van der Waals surface area contributed by atoms with Gasteiger partial charge in [0.25, 0.3) is 5.91 Å². The molecule has 29 heavy (non-hydrogen) atoms. The van der Waals surface area contributed by atoms with Gasteiger partial charge in [0.05, 0.1) is 11.8 Å². The molecule has 0 aliphatic carbocycles. The third kappa shape index (κ3) is 5.54. The number of rotatable bonds is 7. The van der Waals surface area contributed by atoms with E-state index in [0.717, 1.165) is 5.56 Å². The first-order chi connectivity index (χ1) is 13.9. The minimum Gasteiger partial charge on any atom is -0.489 e. The zero-order chi connectivity index (χ0) is 20.8. The van der Waals surface area contributed by atoms with E-state index in [9.17, 15) is 4.79 Å². The van der Waals surface area contributed by atoms with Crippen LogP contribution in [0.1, 0.15) is 35.7 Å². The van der Waals surface area contributed by atoms with Crippen molar-refractivity contribution in [1.82, 2.24) is 9.97 Å². The van der Waals surface area contributed by atoms with Crippen molar-refractivity contribution in [1.29, 1.82) is 0 Å². The smallest absolute Gasteiger partial charge is 0.274 e. The van der Waals surface area contributed by atoms with Gasteiger partial charge in [-0.2, -0.15) is 0 Å². The van der Waals surface area contributed by atoms with Crippen LogP contribution in [-0.4, -0.2) is 29.0 Å². The molecule has 0 aliphatic rings. The average Bonchev–Trinajstić information content (AvgIpc) is 2.69. The van der Waals surface area contributed by atoms with E-state index < -0.39 is 0 Å². The minimum atomic E-state index is -0.301. The molecule has 0 bridgehead atoms. The maximum Gasteiger partial charge on any atom is 0.274 e. The lowest BCUT2D eigenvalue weighted by molar-refractivity contribution is 0.102. The normalized spacial score (nSPS) is 10.7. The number of nitrogens with one attached hydrogen (secondary N) is 1. The van der Waals surface area contributed by atoms with Crippen LogP contribution < -0.4 is 15.0 Å². The monoisotopic (exact) mass is 390 g/mol. The standard InChI is InChI=1S/C23H26N4O2/c1-16(2)29-21-13-9-8-12-19(21)26-23(28)20-14-22(25-17(3)24-20)27(4)15-18-10-6-5-7-11-18/h5-14,16H,15H2,1-4H3,(H,26,28). The summed E-state index contributed by atoms with van der Waals surface area (Å²) in [6.45, 7) is 6.36. The molecule has 1 amide bonds. The number of anilines is 2. The molecule has 6 nitrogen and oxygen atoms in total. The van der Waals surface area contributed by atoms with Gasteiger partial charge in [-0.15, -0.1) is 0 Å². The third-order valence-electron chi connectivity index (χ3n) is 4.21. The maximum absolute atomic E-state index is 12.9. The SMILES string of the molecule is Cc1nc(C(=O)Nc2ccccc2OC(C)C)cc(N(C)Cc2ccccc2)n1. The fourth-order valence-electron chi connectivity index (χ4n) is 2.92. The zero-order valence-corrected chi connectivity index (χ0v) is 17.2. The van der Waals surface area contributed by atoms with Crippen LogP contribution in [0.3, 0.4) is 0 Å². The molecule has 1 heterocycles. The molecule has 0 spiro atoms. The Kier molecular flexibility index (Phi) is 6.44. The van der Waals surface area contributed by atoms with Crippen LogP contribution >= 0.6 is 0 Å². The van der Waals surface area contributed by atoms with Crippen molar-refractivity contribution < 1.29 is 9.53 Å². The van der Waals surface area contributed by atoms with Gasteiger partial charge in [0.15, 0.2) is 0 Å². The summed E-state index contributed by atoms with van der Waals surface area (Å²) in [5.41, 5.74) is 2.09. The average molecular weight is 390 g/mol. The number of hydrogen-bond donors (Lipinski definition) is 1. The van der Waals surface area contributed by atoms with E-state index in [1.165, 1.54) is 0 Å². The van der Waals surface area contributed by atoms with Crippen molar-refractivity contribution in [3.63, 3.8) is 0 Å². The molecule has 0 fully saturated rings. The number of hydrogen-bond acceptors (Lipinski definition) is 5. The Morgan fingerprint density at radius 3 is 2.48 bits per heavy atom. The minimum absolute atomic E-state index is 0.00702. The summed E-state index contributed by atoms with van der Waals surface area (Å²) in [6, 6.07) is 19.2. The number of nitrogens with zero attached hydrogens (tertiary/aromatic N) is 3. The number of ether oxygens (including phenoxy) is 1. The summed E-state index contributed by atoms with van der Waals surface area (Å²) >= 11 is 0. The molecule has 6 heteroatoms. The van der Waals surface area contributed by atoms with Crippen molar-refractivity contribution in [3.05, 3.63) is 77.7 Å². The first kappa shape index (κ1) is 20.3. The highest BCUT2D eigenvalue weighted by atomic mass is 16.5. The number of amides is 1. The number of aromatic nitrogens is 2. The van der Waals surface area contributed by atoms with E-state index in [4.69, 9.17) is 4.74 Å². The third-order valence-corrected chi connectivity index (χ3v) is 4.21. The molecule has 1 aromatic heterocycles. The van der Waals surface area contributed by atoms with E-state index in [-0.39, 0.29) is 12.0 Å². The summed E-state index contributed by atoms with van der Waals surface area (Å²) in [6.07, 6.45) is 0.00702. The van der Waals surface area contributed by atoms with Gasteiger partial charge >= 0.3 is 0 Å². The quantitative estimate of drug-likeness (QED) is 0.645. The summed E-state index contributed by atoms with van der Waals surface area (Å²) in [4.78, 5) is 23.7. The Morgan fingerprint density at radius 2 is 1.76 bits per heavy atom. The second kappa shape index (κ2) is 9.19. The van der Waals surface area contributed by atoms with Crippen molar-refractivity contribution in [2.24, 2.45) is 0 Å². The molecular weight excluding hydrogens is 364 g/mol. The Bertz CT molecular complexity index is 974. The first-order valence-electron chi connectivity index (χ1n) is 9.60. The molecule has 0 atom stereocenters. The van der Waals surface area contributed by atoms with Gasteiger partial charge in [-0.3, -0.25) is 4.79 Å². The molecule has 0 saturated carbocycles. The van der Waals surface area contributed by atoms with E-state index in [2.05, 4.69) is 27.4 Å². The van der Waals surface area contributed by atoms with Crippen molar-refractivity contribution >= 4 is 17.4 Å². The topological polar surface area (TPSA) is 67.3 Å². The van der Waals surface area contributed by atoms with Crippen LogP contribution in [0.2, 0.25) is 0 Å². The summed E-state index contributed by atoms with van der Waals surface area (Å²) in [7, 11) is 1.95. The summed E-state index contributed by atoms with van der Waals surface area (Å²) < 4.78 is 5.78. The molecule has 0 radical (unpaired) electrons. The second-order valence-corrected chi connectivity index (χ2v) is 7.12. The maximum atomic E-state index is 12.9. The predicted molar refractivity (Wildman–Crippen MR) is 115 cm³/mol. The lowest BCUT2D eigenvalue weighted by atomic mass is 10.2. The van der Waals surface area contributed by atoms with Crippen LogP contribution in [0, 0.1) is 6.92 Å². The number of para-hydroxylation sites is 2. The summed E-state index contributed by atoms with van der Waals surface area (Å²) in [5, 5.41) is 2.90. The Labute approximate surface area is 171 Å². The molecular formula is C23H26N4O2. The van der Waals surface area contributed by atoms with Crippen LogP contribution in [0.5, 0.6) is 5.75 Å². The zero-order valence-electron chi connectivity index (χ0n) is 17.2. The molecule has 3 aromatic rings. The van der Waals surface area contributed by atoms with Gasteiger partial charge in [0.2, 0.25) is 0 Å². The fraction of sp³-hybridized carbons (Fsp3) is 0.261. The van der Waals surface area contributed by atoms with Gasteiger partial charge in [-0.05, 0) is 38.5 Å². The number of carbonyl (C=O) groups is 1. The van der Waals surface area contributed by atoms with E-state index in [1.807, 2.05) is 68.3 Å². The Balaban J connectivity index is 1.80. The van der Waals surface area contributed by atoms with Gasteiger partial charge in [0, 0.05) is 19.7 Å². The Morgan fingerprint density at radius 1 is 1.07 bits per heavy atom. The van der Waals surface area contributed by atoms with E-state index in [1.54, 1.807) is 13.0 Å². The molecule has 150 valence electrons. The van der Waals surface area contributed by atoms with E-state index in [0.29, 0.717) is 35.3 Å². The molecule has 0 saturated heterocycles. The fourth-order valence-corrected chi connectivity index (χ4v) is 2.92.